The normalized spacial score (nSPS) is 12.7. The number of unbranched alkanes of at least 4 members (excludes halogenated alkanes) is 1. The number of carbonyl (C=O) groups excluding carboxylic acids is 1. The molecule has 1 aromatic carbocycles. The molecule has 2 N–H and O–H groups in total. The zero-order valence-electron chi connectivity index (χ0n) is 15.9. The minimum absolute atomic E-state index is 0.184. The molecule has 1 atom stereocenters. The van der Waals surface area contributed by atoms with Gasteiger partial charge < -0.3 is 10.1 Å². The molecule has 0 radical (unpaired) electrons. The quantitative estimate of drug-likeness (QED) is 0.539. The number of sulfonamides is 1. The minimum Gasteiger partial charge on any atom is -0.494 e. The van der Waals surface area contributed by atoms with Crippen LogP contribution in [0.3, 0.4) is 0 Å². The average molecular weight is 429 g/mol. The summed E-state index contributed by atoms with van der Waals surface area (Å²) < 4.78 is 45.7. The van der Waals surface area contributed by atoms with E-state index in [1.54, 1.807) is 37.4 Å². The lowest BCUT2D eigenvalue weighted by Gasteiger charge is -2.21. The van der Waals surface area contributed by atoms with Crippen LogP contribution < -0.4 is 14.8 Å². The van der Waals surface area contributed by atoms with Gasteiger partial charge in [0.2, 0.25) is 5.91 Å². The molecule has 28 heavy (non-hydrogen) atoms. The van der Waals surface area contributed by atoms with Gasteiger partial charge in [-0.2, -0.15) is 4.72 Å². The summed E-state index contributed by atoms with van der Waals surface area (Å²) in [6, 6.07) is 8.09. The first-order chi connectivity index (χ1) is 13.3. The van der Waals surface area contributed by atoms with E-state index in [1.807, 2.05) is 0 Å². The van der Waals surface area contributed by atoms with Crippen molar-refractivity contribution in [2.24, 2.45) is 5.92 Å². The van der Waals surface area contributed by atoms with Crippen molar-refractivity contribution < 1.29 is 22.3 Å². The van der Waals surface area contributed by atoms with Crippen molar-refractivity contribution in [2.45, 2.75) is 36.9 Å². The van der Waals surface area contributed by atoms with Crippen LogP contribution in [0.25, 0.3) is 0 Å². The molecule has 9 heteroatoms. The lowest BCUT2D eigenvalue weighted by atomic mass is 10.1. The number of benzene rings is 1. The number of ether oxygens (including phenoxy) is 1. The molecule has 0 spiro atoms. The summed E-state index contributed by atoms with van der Waals surface area (Å²) >= 11 is 1.10. The summed E-state index contributed by atoms with van der Waals surface area (Å²) in [4.78, 5) is 12.4. The van der Waals surface area contributed by atoms with Crippen LogP contribution in [-0.4, -0.2) is 33.5 Å². The predicted molar refractivity (Wildman–Crippen MR) is 107 cm³/mol. The molecule has 2 rings (SSSR count). The summed E-state index contributed by atoms with van der Waals surface area (Å²) in [6.07, 6.45) is 1.38. The number of carbonyl (C=O) groups is 1. The van der Waals surface area contributed by atoms with E-state index in [2.05, 4.69) is 10.0 Å². The standard InChI is InChI=1S/C19H25FN2O4S2/c1-14(2)18(22-28(24,25)17-6-5-13-27-17)19(23)21-11-3-4-12-26-16-9-7-15(20)8-10-16/h5-10,13-14,18,22H,3-4,11-12H2,1-2H3,(H,21,23). The van der Waals surface area contributed by atoms with E-state index in [-0.39, 0.29) is 21.9 Å². The highest BCUT2D eigenvalue weighted by molar-refractivity contribution is 7.91. The van der Waals surface area contributed by atoms with E-state index in [1.165, 1.54) is 18.2 Å². The average Bonchev–Trinajstić information content (AvgIpc) is 3.19. The molecule has 1 amide bonds. The molecule has 1 unspecified atom stereocenters. The second-order valence-corrected chi connectivity index (χ2v) is 9.46. The molecule has 0 aliphatic heterocycles. The zero-order valence-corrected chi connectivity index (χ0v) is 17.5. The van der Waals surface area contributed by atoms with Crippen molar-refractivity contribution in [3.8, 4) is 5.75 Å². The molecule has 154 valence electrons. The van der Waals surface area contributed by atoms with Crippen LogP contribution in [0, 0.1) is 11.7 Å². The first-order valence-corrected chi connectivity index (χ1v) is 11.4. The van der Waals surface area contributed by atoms with Crippen LogP contribution in [0.15, 0.2) is 46.0 Å². The fraction of sp³-hybridized carbons (Fsp3) is 0.421. The summed E-state index contributed by atoms with van der Waals surface area (Å²) in [7, 11) is -3.72. The van der Waals surface area contributed by atoms with Crippen LogP contribution in [0.1, 0.15) is 26.7 Å². The fourth-order valence-corrected chi connectivity index (χ4v) is 4.76. The first kappa shape index (κ1) is 22.3. The van der Waals surface area contributed by atoms with Gasteiger partial charge in [0.1, 0.15) is 21.8 Å². The lowest BCUT2D eigenvalue weighted by Crippen LogP contribution is -2.49. The van der Waals surface area contributed by atoms with Gasteiger partial charge in [-0.05, 0) is 54.5 Å². The number of hydrogen-bond acceptors (Lipinski definition) is 5. The highest BCUT2D eigenvalue weighted by Gasteiger charge is 2.28. The van der Waals surface area contributed by atoms with Crippen LogP contribution in [0.4, 0.5) is 4.39 Å². The van der Waals surface area contributed by atoms with Gasteiger partial charge in [0.25, 0.3) is 10.0 Å². The topological polar surface area (TPSA) is 84.5 Å². The number of halogens is 1. The maximum atomic E-state index is 12.8. The molecule has 0 aliphatic carbocycles. The summed E-state index contributed by atoms with van der Waals surface area (Å²) in [5.74, 6) is -0.274. The number of thiophene rings is 1. The van der Waals surface area contributed by atoms with Gasteiger partial charge in [-0.15, -0.1) is 11.3 Å². The number of amides is 1. The third-order valence-corrected chi connectivity index (χ3v) is 6.78. The van der Waals surface area contributed by atoms with Crippen LogP contribution in [-0.2, 0) is 14.8 Å². The molecule has 2 aromatic rings. The molecule has 0 fully saturated rings. The third-order valence-electron chi connectivity index (χ3n) is 3.94. The van der Waals surface area contributed by atoms with Crippen molar-refractivity contribution in [3.63, 3.8) is 0 Å². The fourth-order valence-electron chi connectivity index (χ4n) is 2.40. The van der Waals surface area contributed by atoms with Crippen molar-refractivity contribution >= 4 is 27.3 Å². The molecule has 0 bridgehead atoms. The Bertz CT molecular complexity index is 837. The highest BCUT2D eigenvalue weighted by Crippen LogP contribution is 2.17. The Morgan fingerprint density at radius 2 is 1.89 bits per heavy atom. The summed E-state index contributed by atoms with van der Waals surface area (Å²) in [6.45, 7) is 4.44. The van der Waals surface area contributed by atoms with Gasteiger partial charge in [-0.1, -0.05) is 19.9 Å². The Morgan fingerprint density at radius 3 is 2.50 bits per heavy atom. The number of hydrogen-bond donors (Lipinski definition) is 2. The van der Waals surface area contributed by atoms with Crippen molar-refractivity contribution in [2.75, 3.05) is 13.2 Å². The second kappa shape index (κ2) is 10.5. The third kappa shape index (κ3) is 6.88. The molecule has 0 aliphatic rings. The molecule has 1 heterocycles. The maximum Gasteiger partial charge on any atom is 0.250 e. The van der Waals surface area contributed by atoms with Gasteiger partial charge in [-0.25, -0.2) is 12.8 Å². The van der Waals surface area contributed by atoms with Crippen molar-refractivity contribution in [3.05, 3.63) is 47.6 Å². The van der Waals surface area contributed by atoms with Crippen LogP contribution in [0.2, 0.25) is 0 Å². The Labute approximate surface area is 169 Å². The van der Waals surface area contributed by atoms with E-state index in [0.29, 0.717) is 31.7 Å². The number of rotatable bonds is 11. The Morgan fingerprint density at radius 1 is 1.18 bits per heavy atom. The summed E-state index contributed by atoms with van der Waals surface area (Å²) in [5.41, 5.74) is 0. The van der Waals surface area contributed by atoms with E-state index < -0.39 is 16.1 Å². The van der Waals surface area contributed by atoms with Gasteiger partial charge in [0.15, 0.2) is 0 Å². The molecule has 6 nitrogen and oxygen atoms in total. The summed E-state index contributed by atoms with van der Waals surface area (Å²) in [5, 5.41) is 4.44. The smallest absolute Gasteiger partial charge is 0.250 e. The highest BCUT2D eigenvalue weighted by atomic mass is 32.2. The van der Waals surface area contributed by atoms with E-state index in [9.17, 15) is 17.6 Å². The van der Waals surface area contributed by atoms with Crippen LogP contribution in [0.5, 0.6) is 5.75 Å². The zero-order chi connectivity index (χ0) is 20.6. The Balaban J connectivity index is 1.74. The van der Waals surface area contributed by atoms with Gasteiger partial charge in [0.05, 0.1) is 6.61 Å². The second-order valence-electron chi connectivity index (χ2n) is 6.58. The van der Waals surface area contributed by atoms with Crippen molar-refractivity contribution in [1.82, 2.24) is 10.0 Å². The molecular formula is C19H25FN2O4S2. The van der Waals surface area contributed by atoms with Gasteiger partial charge in [0, 0.05) is 6.54 Å². The minimum atomic E-state index is -3.72. The largest absolute Gasteiger partial charge is 0.494 e. The van der Waals surface area contributed by atoms with Gasteiger partial charge in [-0.3, -0.25) is 4.79 Å². The molecule has 0 saturated heterocycles. The molecule has 0 saturated carbocycles. The SMILES string of the molecule is CC(C)C(NS(=O)(=O)c1cccs1)C(=O)NCCCCOc1ccc(F)cc1. The van der Waals surface area contributed by atoms with E-state index in [0.717, 1.165) is 11.3 Å². The molecule has 1 aromatic heterocycles. The first-order valence-electron chi connectivity index (χ1n) is 9.01. The maximum absolute atomic E-state index is 12.8. The lowest BCUT2D eigenvalue weighted by molar-refractivity contribution is -0.123. The van der Waals surface area contributed by atoms with Crippen molar-refractivity contribution in [1.29, 1.82) is 0 Å². The van der Waals surface area contributed by atoms with E-state index >= 15 is 0 Å². The monoisotopic (exact) mass is 428 g/mol. The Hall–Kier alpha value is -1.97. The Kier molecular flexibility index (Phi) is 8.40. The number of nitrogens with one attached hydrogen (secondary N) is 2. The van der Waals surface area contributed by atoms with E-state index in [4.69, 9.17) is 4.74 Å². The van der Waals surface area contributed by atoms with Crippen LogP contribution >= 0.6 is 11.3 Å². The van der Waals surface area contributed by atoms with Gasteiger partial charge >= 0.3 is 0 Å². The molecular weight excluding hydrogens is 403 g/mol. The predicted octanol–water partition coefficient (Wildman–Crippen LogP) is 3.17.